The summed E-state index contributed by atoms with van der Waals surface area (Å²) in [7, 11) is 0. The molecule has 0 radical (unpaired) electrons. The average Bonchev–Trinajstić information content (AvgIpc) is 2.51. The van der Waals surface area contributed by atoms with Crippen LogP contribution in [-0.4, -0.2) is 31.1 Å². The van der Waals surface area contributed by atoms with Crippen LogP contribution >= 0.6 is 0 Å². The van der Waals surface area contributed by atoms with Gasteiger partial charge in [0.25, 0.3) is 0 Å². The minimum Gasteiger partial charge on any atom is -0.356 e. The van der Waals surface area contributed by atoms with Crippen LogP contribution in [0.3, 0.4) is 0 Å². The summed E-state index contributed by atoms with van der Waals surface area (Å²) in [6, 6.07) is 19.0. The maximum atomic E-state index is 3.41. The molecule has 0 atom stereocenters. The number of benzene rings is 2. The van der Waals surface area contributed by atoms with E-state index in [2.05, 4.69) is 51.9 Å². The molecule has 1 aliphatic rings. The highest BCUT2D eigenvalue weighted by Crippen LogP contribution is 2.17. The van der Waals surface area contributed by atoms with Gasteiger partial charge in [0, 0.05) is 44.1 Å². The zero-order chi connectivity index (χ0) is 13.6. The van der Waals surface area contributed by atoms with Crippen LogP contribution in [0.5, 0.6) is 0 Å². The molecule has 0 spiro atoms. The Hall–Kier alpha value is -1.84. The van der Waals surface area contributed by atoms with Crippen LogP contribution in [0, 0.1) is 0 Å². The molecular formula is C17H21N3. The molecule has 1 saturated heterocycles. The lowest BCUT2D eigenvalue weighted by molar-refractivity contribution is 0.233. The van der Waals surface area contributed by atoms with E-state index in [1.165, 1.54) is 5.56 Å². The molecule has 3 heteroatoms. The molecule has 0 bridgehead atoms. The Morgan fingerprint density at radius 1 is 0.850 bits per heavy atom. The zero-order valence-electron chi connectivity index (χ0n) is 11.7. The predicted molar refractivity (Wildman–Crippen MR) is 84.3 cm³/mol. The Kier molecular flexibility index (Phi) is 4.31. The van der Waals surface area contributed by atoms with Crippen molar-refractivity contribution in [2.45, 2.75) is 6.54 Å². The molecule has 3 rings (SSSR count). The van der Waals surface area contributed by atoms with Crippen LogP contribution in [0.2, 0.25) is 0 Å². The largest absolute Gasteiger partial charge is 0.356 e. The lowest BCUT2D eigenvalue weighted by Gasteiger charge is -2.27. The number of para-hydroxylation sites is 1. The van der Waals surface area contributed by atoms with E-state index in [1.807, 2.05) is 18.2 Å². The molecule has 0 saturated carbocycles. The summed E-state index contributed by atoms with van der Waals surface area (Å²) in [6.45, 7) is 5.54. The van der Waals surface area contributed by atoms with Gasteiger partial charge in [0.1, 0.15) is 0 Å². The molecular weight excluding hydrogens is 246 g/mol. The van der Waals surface area contributed by atoms with Crippen LogP contribution < -0.4 is 10.6 Å². The van der Waals surface area contributed by atoms with Crippen molar-refractivity contribution in [3.63, 3.8) is 0 Å². The van der Waals surface area contributed by atoms with E-state index in [0.717, 1.165) is 44.1 Å². The quantitative estimate of drug-likeness (QED) is 0.892. The molecule has 3 nitrogen and oxygen atoms in total. The van der Waals surface area contributed by atoms with Crippen molar-refractivity contribution in [1.82, 2.24) is 10.2 Å². The summed E-state index contributed by atoms with van der Waals surface area (Å²) in [4.78, 5) is 2.50. The van der Waals surface area contributed by atoms with Gasteiger partial charge in [-0.05, 0) is 29.8 Å². The van der Waals surface area contributed by atoms with Gasteiger partial charge in [-0.15, -0.1) is 0 Å². The standard InChI is InChI=1S/C17H21N3/c1-2-4-16(5-3-1)19-17-8-6-15(7-9-17)14-20-12-10-18-11-13-20/h1-9,18-19H,10-14H2. The summed E-state index contributed by atoms with van der Waals surface area (Å²) in [5, 5.41) is 6.80. The van der Waals surface area contributed by atoms with E-state index >= 15 is 0 Å². The molecule has 1 aliphatic heterocycles. The Morgan fingerprint density at radius 2 is 1.50 bits per heavy atom. The van der Waals surface area contributed by atoms with Crippen molar-refractivity contribution < 1.29 is 0 Å². The van der Waals surface area contributed by atoms with Gasteiger partial charge in [-0.1, -0.05) is 30.3 Å². The second-order valence-corrected chi connectivity index (χ2v) is 5.21. The third kappa shape index (κ3) is 3.59. The first-order chi connectivity index (χ1) is 9.90. The van der Waals surface area contributed by atoms with E-state index in [1.54, 1.807) is 0 Å². The topological polar surface area (TPSA) is 27.3 Å². The molecule has 2 aromatic carbocycles. The second-order valence-electron chi connectivity index (χ2n) is 5.21. The van der Waals surface area contributed by atoms with Crippen molar-refractivity contribution >= 4 is 11.4 Å². The third-order valence-electron chi connectivity index (χ3n) is 3.63. The summed E-state index contributed by atoms with van der Waals surface area (Å²) in [6.07, 6.45) is 0. The molecule has 1 heterocycles. The highest BCUT2D eigenvalue weighted by Gasteiger charge is 2.09. The first-order valence-corrected chi connectivity index (χ1v) is 7.24. The number of nitrogens with one attached hydrogen (secondary N) is 2. The van der Waals surface area contributed by atoms with Crippen molar-refractivity contribution in [3.8, 4) is 0 Å². The fraction of sp³-hybridized carbons (Fsp3) is 0.294. The Bertz CT molecular complexity index is 516. The minimum absolute atomic E-state index is 1.05. The highest BCUT2D eigenvalue weighted by atomic mass is 15.2. The van der Waals surface area contributed by atoms with Gasteiger partial charge in [0.15, 0.2) is 0 Å². The molecule has 0 aromatic heterocycles. The van der Waals surface area contributed by atoms with Crippen LogP contribution in [0.15, 0.2) is 54.6 Å². The van der Waals surface area contributed by atoms with Gasteiger partial charge < -0.3 is 10.6 Å². The van der Waals surface area contributed by atoms with Crippen LogP contribution in [0.25, 0.3) is 0 Å². The molecule has 2 aromatic rings. The van der Waals surface area contributed by atoms with Crippen LogP contribution in [0.1, 0.15) is 5.56 Å². The maximum absolute atomic E-state index is 3.41. The van der Waals surface area contributed by atoms with Crippen molar-refractivity contribution in [2.75, 3.05) is 31.5 Å². The average molecular weight is 267 g/mol. The number of nitrogens with zero attached hydrogens (tertiary/aromatic N) is 1. The van der Waals surface area contributed by atoms with E-state index in [-0.39, 0.29) is 0 Å². The normalized spacial score (nSPS) is 16.0. The van der Waals surface area contributed by atoms with Gasteiger partial charge in [0.05, 0.1) is 0 Å². The van der Waals surface area contributed by atoms with Crippen LogP contribution in [-0.2, 0) is 6.54 Å². The third-order valence-corrected chi connectivity index (χ3v) is 3.63. The number of rotatable bonds is 4. The lowest BCUT2D eigenvalue weighted by atomic mass is 10.1. The smallest absolute Gasteiger partial charge is 0.0384 e. The molecule has 2 N–H and O–H groups in total. The minimum atomic E-state index is 1.05. The Morgan fingerprint density at radius 3 is 2.20 bits per heavy atom. The molecule has 0 unspecified atom stereocenters. The predicted octanol–water partition coefficient (Wildman–Crippen LogP) is 2.84. The summed E-state index contributed by atoms with van der Waals surface area (Å²) >= 11 is 0. The monoisotopic (exact) mass is 267 g/mol. The van der Waals surface area contributed by atoms with Gasteiger partial charge in [0.2, 0.25) is 0 Å². The fourth-order valence-corrected chi connectivity index (χ4v) is 2.51. The van der Waals surface area contributed by atoms with Crippen molar-refractivity contribution in [1.29, 1.82) is 0 Å². The highest BCUT2D eigenvalue weighted by molar-refractivity contribution is 5.59. The van der Waals surface area contributed by atoms with Crippen molar-refractivity contribution in [2.24, 2.45) is 0 Å². The lowest BCUT2D eigenvalue weighted by Crippen LogP contribution is -2.42. The van der Waals surface area contributed by atoms with Crippen molar-refractivity contribution in [3.05, 3.63) is 60.2 Å². The van der Waals surface area contributed by atoms with E-state index in [9.17, 15) is 0 Å². The first-order valence-electron chi connectivity index (χ1n) is 7.24. The Balaban J connectivity index is 1.59. The number of piperazine rings is 1. The molecule has 0 amide bonds. The van der Waals surface area contributed by atoms with E-state index < -0.39 is 0 Å². The second kappa shape index (κ2) is 6.55. The molecule has 20 heavy (non-hydrogen) atoms. The zero-order valence-corrected chi connectivity index (χ0v) is 11.7. The molecule has 0 aliphatic carbocycles. The maximum Gasteiger partial charge on any atom is 0.0384 e. The van der Waals surface area contributed by atoms with Gasteiger partial charge in [-0.2, -0.15) is 0 Å². The van der Waals surface area contributed by atoms with E-state index in [4.69, 9.17) is 0 Å². The van der Waals surface area contributed by atoms with Gasteiger partial charge >= 0.3 is 0 Å². The van der Waals surface area contributed by atoms with Gasteiger partial charge in [-0.3, -0.25) is 4.90 Å². The first kappa shape index (κ1) is 13.2. The molecule has 104 valence electrons. The summed E-state index contributed by atoms with van der Waals surface area (Å²) < 4.78 is 0. The SMILES string of the molecule is c1ccc(Nc2ccc(CN3CCNCC3)cc2)cc1. The number of anilines is 2. The Labute approximate surface area is 120 Å². The van der Waals surface area contributed by atoms with Gasteiger partial charge in [-0.25, -0.2) is 0 Å². The molecule has 1 fully saturated rings. The number of hydrogen-bond acceptors (Lipinski definition) is 3. The summed E-state index contributed by atoms with van der Waals surface area (Å²) in [5.41, 5.74) is 3.65. The summed E-state index contributed by atoms with van der Waals surface area (Å²) in [5.74, 6) is 0. The van der Waals surface area contributed by atoms with E-state index in [0.29, 0.717) is 0 Å². The number of hydrogen-bond donors (Lipinski definition) is 2. The van der Waals surface area contributed by atoms with Crippen LogP contribution in [0.4, 0.5) is 11.4 Å². The fourth-order valence-electron chi connectivity index (χ4n) is 2.51.